The molecule has 21 heteroatoms. The Bertz CT molecular complexity index is 4490. The van der Waals surface area contributed by atoms with E-state index in [1.54, 1.807) is 129 Å². The van der Waals surface area contributed by atoms with Crippen LogP contribution < -0.4 is 16.0 Å². The highest BCUT2D eigenvalue weighted by atomic mass is 16.6. The van der Waals surface area contributed by atoms with Crippen molar-refractivity contribution in [2.45, 2.75) is 205 Å². The van der Waals surface area contributed by atoms with E-state index >= 15 is 4.79 Å². The molecule has 7 aliphatic carbocycles. The number of rotatable bonds is 21. The van der Waals surface area contributed by atoms with Crippen molar-refractivity contribution in [3.8, 4) is 0 Å². The number of anilines is 2. The predicted molar refractivity (Wildman–Crippen MR) is 414 cm³/mol. The lowest BCUT2D eigenvalue weighted by atomic mass is 9.44. The summed E-state index contributed by atoms with van der Waals surface area (Å²) < 4.78 is 44.0. The van der Waals surface area contributed by atoms with Crippen molar-refractivity contribution in [1.82, 2.24) is 5.32 Å². The van der Waals surface area contributed by atoms with Crippen molar-refractivity contribution in [2.24, 2.45) is 51.8 Å². The van der Waals surface area contributed by atoms with Gasteiger partial charge in [-0.05, 0) is 188 Å². The second-order valence-electron chi connectivity index (χ2n) is 33.0. The molecule has 18 atom stereocenters. The Hall–Kier alpha value is -9.80. The minimum atomic E-state index is -2.54. The van der Waals surface area contributed by atoms with Crippen molar-refractivity contribution in [3.63, 3.8) is 0 Å². The molecule has 586 valence electrons. The lowest BCUT2D eigenvalue weighted by Gasteiger charge is -2.67. The van der Waals surface area contributed by atoms with Gasteiger partial charge in [0.05, 0.1) is 35.6 Å². The average molecular weight is 1510 g/mol. The maximum absolute atomic E-state index is 16.6. The highest BCUT2D eigenvalue weighted by molar-refractivity contribution is 5.97. The molecule has 13 rings (SSSR count). The molecule has 14 unspecified atom stereocenters. The average Bonchev–Trinajstić information content (AvgIpc) is 1.63. The summed E-state index contributed by atoms with van der Waals surface area (Å²) in [4.78, 5) is 116. The molecule has 1 aliphatic heterocycles. The summed E-state index contributed by atoms with van der Waals surface area (Å²) in [6.07, 6.45) is 4.50. The van der Waals surface area contributed by atoms with E-state index in [1.807, 2.05) is 12.1 Å². The first-order valence-electron chi connectivity index (χ1n) is 39.0. The van der Waals surface area contributed by atoms with E-state index in [9.17, 15) is 48.9 Å². The van der Waals surface area contributed by atoms with Gasteiger partial charge in [-0.3, -0.25) is 29.8 Å². The van der Waals surface area contributed by atoms with E-state index in [0.717, 1.165) is 49.3 Å². The van der Waals surface area contributed by atoms with Crippen LogP contribution in [-0.2, 0) is 58.8 Å². The largest absolute Gasteiger partial charge is 0.456 e. The van der Waals surface area contributed by atoms with Crippen LogP contribution in [0.1, 0.15) is 176 Å². The van der Waals surface area contributed by atoms with Gasteiger partial charge in [0.1, 0.15) is 36.1 Å². The highest BCUT2D eigenvalue weighted by Crippen LogP contribution is 2.66. The molecule has 8 aliphatic rings. The van der Waals surface area contributed by atoms with Gasteiger partial charge in [-0.1, -0.05) is 162 Å². The highest BCUT2D eigenvalue weighted by Gasteiger charge is 2.79. The van der Waals surface area contributed by atoms with Gasteiger partial charge in [-0.15, -0.1) is 0 Å². The van der Waals surface area contributed by atoms with Crippen LogP contribution in [0.5, 0.6) is 0 Å². The number of Topliss-reactive ketones (excluding diaryl/α,β-unsaturated/α-hetero) is 1. The third kappa shape index (κ3) is 15.9. The van der Waals surface area contributed by atoms with Crippen molar-refractivity contribution < 1.29 is 86.8 Å². The number of hydrogen-bond acceptors (Lipinski definition) is 18. The summed E-state index contributed by atoms with van der Waals surface area (Å²) in [5.41, 5.74) is -2.15. The smallest absolute Gasteiger partial charge is 0.411 e. The standard InChI is InChI=1S/C90H103N3O18/c1-51(59-34-35-59)28-29-52(2)68-42-43-69-60(27-20-44-87(68,69)9)36-37-64-46-67(47-70(96)53(64)3)107-84(102)91-65-38-30-57(31-39-65)45-58-32-40-66(41-33-58)92-85(103)109-72-48-73-89(50-105-73,111-56(6)95)78-80(110-82(100)63-25-18-13-19-26-63)90(104)49-71(54(4)74(86(90,7)8)77(106-55(5)94)79(98)88(72,78)10)108-83(101)76(97)75(61-21-14-11-15-22-61)93-81(99)62-23-16-12-17-24-62/h11-19,21-26,28-33,36-41,51-52,59,67-73,75-78,80,96-97,104H,3,20,27,34-35,42-50H2,1-2,4-10H3,(H,91,102)(H,92,103)(H,93,99)/b29-28+,60-36+,64-37-/t51?,52-,67+,68?,69?,70-,71?,72?,73?,75?,76?,77?,78?,80?,87+,88?,89?,90?/m0/s1. The minimum Gasteiger partial charge on any atom is -0.456 e. The first-order valence-corrected chi connectivity index (χ1v) is 39.0. The monoisotopic (exact) mass is 1510 g/mol. The van der Waals surface area contributed by atoms with Crippen LogP contribution in [0.3, 0.4) is 0 Å². The molecular formula is C90H103N3O18. The van der Waals surface area contributed by atoms with Crippen LogP contribution in [0.25, 0.3) is 0 Å². The van der Waals surface area contributed by atoms with Crippen LogP contribution in [0, 0.1) is 51.8 Å². The number of esters is 4. The van der Waals surface area contributed by atoms with Crippen molar-refractivity contribution in [3.05, 3.63) is 226 Å². The van der Waals surface area contributed by atoms with Gasteiger partial charge in [0, 0.05) is 61.9 Å². The first kappa shape index (κ1) is 79.3. The molecule has 3 amide bonds. The van der Waals surface area contributed by atoms with Gasteiger partial charge in [0.25, 0.3) is 5.91 Å². The molecule has 1 saturated heterocycles. The Morgan fingerprint density at radius 1 is 0.703 bits per heavy atom. The van der Waals surface area contributed by atoms with Crippen LogP contribution in [0.4, 0.5) is 21.0 Å². The summed E-state index contributed by atoms with van der Waals surface area (Å²) in [7, 11) is 0. The summed E-state index contributed by atoms with van der Waals surface area (Å²) in [5, 5.41) is 46.0. The quantitative estimate of drug-likeness (QED) is 0.0226. The number of aliphatic hydroxyl groups is 3. The van der Waals surface area contributed by atoms with E-state index in [0.29, 0.717) is 53.3 Å². The molecular weight excluding hydrogens is 1410 g/mol. The van der Waals surface area contributed by atoms with E-state index < -0.39 is 144 Å². The number of fused-ring (bicyclic) bond motifs is 6. The Morgan fingerprint density at radius 3 is 1.90 bits per heavy atom. The van der Waals surface area contributed by atoms with Gasteiger partial charge >= 0.3 is 36.1 Å². The van der Waals surface area contributed by atoms with Crippen LogP contribution in [0.2, 0.25) is 0 Å². The van der Waals surface area contributed by atoms with Gasteiger partial charge in [-0.25, -0.2) is 19.2 Å². The zero-order valence-corrected chi connectivity index (χ0v) is 64.6. The predicted octanol–water partition coefficient (Wildman–Crippen LogP) is 14.5. The molecule has 111 heavy (non-hydrogen) atoms. The summed E-state index contributed by atoms with van der Waals surface area (Å²) in [6.45, 7) is 19.4. The fourth-order valence-corrected chi connectivity index (χ4v) is 19.5. The molecule has 5 aromatic rings. The number of hydrogen-bond donors (Lipinski definition) is 6. The molecule has 0 radical (unpaired) electrons. The maximum Gasteiger partial charge on any atom is 0.411 e. The molecule has 0 spiro atoms. The van der Waals surface area contributed by atoms with E-state index in [2.05, 4.69) is 67.6 Å². The van der Waals surface area contributed by atoms with Gasteiger partial charge < -0.3 is 53.8 Å². The van der Waals surface area contributed by atoms with E-state index in [1.165, 1.54) is 63.7 Å². The number of carbonyl (C=O) groups is 8. The van der Waals surface area contributed by atoms with Gasteiger partial charge in [0.2, 0.25) is 0 Å². The molecule has 6 N–H and O–H groups in total. The summed E-state index contributed by atoms with van der Waals surface area (Å²) in [5.74, 6) is -4.18. The summed E-state index contributed by atoms with van der Waals surface area (Å²) >= 11 is 0. The van der Waals surface area contributed by atoms with Crippen molar-refractivity contribution >= 4 is 59.1 Å². The molecule has 6 saturated carbocycles. The van der Waals surface area contributed by atoms with E-state index in [-0.39, 0.29) is 46.2 Å². The molecule has 2 bridgehead atoms. The lowest BCUT2D eigenvalue weighted by Crippen LogP contribution is -2.82. The first-order chi connectivity index (χ1) is 52.9. The fraction of sp³-hybridized carbons (Fsp3) is 0.467. The van der Waals surface area contributed by atoms with Crippen molar-refractivity contribution in [1.29, 1.82) is 0 Å². The maximum atomic E-state index is 16.6. The Labute approximate surface area is 648 Å². The van der Waals surface area contributed by atoms with Crippen molar-refractivity contribution in [2.75, 3.05) is 17.2 Å². The Kier molecular flexibility index (Phi) is 22.9. The molecule has 1 heterocycles. The number of amides is 3. The number of carbonyl (C=O) groups excluding carboxylic acids is 8. The Balaban J connectivity index is 0.712. The number of ether oxygens (including phenoxy) is 7. The minimum absolute atomic E-state index is 0.0115. The molecule has 0 aromatic heterocycles. The summed E-state index contributed by atoms with van der Waals surface area (Å²) in [6, 6.07) is 37.0. The van der Waals surface area contributed by atoms with Gasteiger partial charge in [-0.2, -0.15) is 0 Å². The number of allylic oxidation sites excluding steroid dienone is 5. The SMILES string of the molecule is C=C1/C(=C\C=C2/CCC[C@@]3(C)C2CCC3[C@@H](C)/C=C/C(C)C2CC2)C[C@@H](OC(=O)Nc2ccc(Cc3ccc(NC(=O)OC4CC5OCC5(OC(C)=O)C5C(OC(=O)c6ccccc6)C6(O)CC(OC(=O)C(O)C(NC(=O)c7ccccc7)c7ccccc7)C(C)=C(C(OC(C)=O)C(=O)C45C)C6(C)C)cc3)cc2)C[C@@H]1O. The Morgan fingerprint density at radius 2 is 1.31 bits per heavy atom. The molecule has 7 fully saturated rings. The van der Waals surface area contributed by atoms with Gasteiger partial charge in [0.15, 0.2) is 23.6 Å². The second kappa shape index (κ2) is 32.1. The number of nitrogens with one attached hydrogen (secondary N) is 3. The molecule has 5 aromatic carbocycles. The normalized spacial score (nSPS) is 31.1. The third-order valence-electron chi connectivity index (χ3n) is 25.8. The lowest BCUT2D eigenvalue weighted by molar-refractivity contribution is -0.345. The topological polar surface area (TPSA) is 298 Å². The van der Waals surface area contributed by atoms with Crippen LogP contribution >= 0.6 is 0 Å². The van der Waals surface area contributed by atoms with Crippen LogP contribution in [0.15, 0.2) is 198 Å². The number of aliphatic hydroxyl groups excluding tert-OH is 2. The van der Waals surface area contributed by atoms with E-state index in [4.69, 9.17) is 33.2 Å². The number of benzene rings is 5. The fourth-order valence-electron chi connectivity index (χ4n) is 19.5. The third-order valence-corrected chi connectivity index (χ3v) is 25.8. The number of ketones is 1. The molecule has 21 nitrogen and oxygen atoms in total. The zero-order valence-electron chi connectivity index (χ0n) is 64.6. The second-order valence-corrected chi connectivity index (χ2v) is 33.0. The zero-order chi connectivity index (χ0) is 79.1. The van der Waals surface area contributed by atoms with Crippen LogP contribution in [-0.4, -0.2) is 130 Å².